The summed E-state index contributed by atoms with van der Waals surface area (Å²) >= 11 is 6.51. The monoisotopic (exact) mass is 400 g/mol. The lowest BCUT2D eigenvalue weighted by Crippen LogP contribution is -2.37. The zero-order valence-corrected chi connectivity index (χ0v) is 17.5. The molecule has 28 heavy (non-hydrogen) atoms. The summed E-state index contributed by atoms with van der Waals surface area (Å²) in [5, 5.41) is 9.88. The SMILES string of the molecule is CCc1ccc(N(Cc2ccccc2C)C2CC(=O)N(CCCO)C2)cc1Cl. The number of carbonyl (C=O) groups is 1. The molecule has 0 spiro atoms. The lowest BCUT2D eigenvalue weighted by molar-refractivity contribution is -0.127. The summed E-state index contributed by atoms with van der Waals surface area (Å²) in [6.45, 7) is 6.35. The van der Waals surface area contributed by atoms with Crippen LogP contribution in [0.1, 0.15) is 36.5 Å². The molecule has 0 bridgehead atoms. The van der Waals surface area contributed by atoms with Gasteiger partial charge < -0.3 is 14.9 Å². The average Bonchev–Trinajstić information content (AvgIpc) is 3.06. The molecule has 1 aliphatic rings. The van der Waals surface area contributed by atoms with Gasteiger partial charge in [-0.15, -0.1) is 0 Å². The molecule has 3 rings (SSSR count). The Labute approximate surface area is 172 Å². The molecule has 2 aromatic carbocycles. The van der Waals surface area contributed by atoms with Crippen LogP contribution < -0.4 is 4.90 Å². The van der Waals surface area contributed by atoms with Crippen molar-refractivity contribution in [2.24, 2.45) is 0 Å². The normalized spacial score (nSPS) is 16.6. The van der Waals surface area contributed by atoms with Gasteiger partial charge in [0.25, 0.3) is 0 Å². The fourth-order valence-electron chi connectivity index (χ4n) is 3.84. The Morgan fingerprint density at radius 2 is 2.00 bits per heavy atom. The van der Waals surface area contributed by atoms with Crippen molar-refractivity contribution in [1.82, 2.24) is 4.90 Å². The Balaban J connectivity index is 1.90. The summed E-state index contributed by atoms with van der Waals surface area (Å²) in [4.78, 5) is 16.7. The Kier molecular flexibility index (Phi) is 6.97. The van der Waals surface area contributed by atoms with Crippen LogP contribution in [0.2, 0.25) is 5.02 Å². The number of benzene rings is 2. The first-order chi connectivity index (χ1) is 13.5. The van der Waals surface area contributed by atoms with Crippen molar-refractivity contribution >= 4 is 23.2 Å². The number of aryl methyl sites for hydroxylation is 2. The minimum Gasteiger partial charge on any atom is -0.396 e. The van der Waals surface area contributed by atoms with Crippen LogP contribution in [-0.4, -0.2) is 41.7 Å². The van der Waals surface area contributed by atoms with E-state index in [9.17, 15) is 4.79 Å². The second-order valence-corrected chi connectivity index (χ2v) is 7.87. The highest BCUT2D eigenvalue weighted by Crippen LogP contribution is 2.30. The van der Waals surface area contributed by atoms with E-state index in [1.807, 2.05) is 17.0 Å². The van der Waals surface area contributed by atoms with E-state index in [0.717, 1.165) is 29.2 Å². The molecule has 1 N–H and O–H groups in total. The summed E-state index contributed by atoms with van der Waals surface area (Å²) < 4.78 is 0. The van der Waals surface area contributed by atoms with Crippen molar-refractivity contribution in [1.29, 1.82) is 0 Å². The molecule has 1 aliphatic heterocycles. The molecule has 1 amide bonds. The molecule has 5 heteroatoms. The first-order valence-electron chi connectivity index (χ1n) is 10.0. The summed E-state index contributed by atoms with van der Waals surface area (Å²) in [5.41, 5.74) is 4.67. The smallest absolute Gasteiger partial charge is 0.224 e. The maximum atomic E-state index is 12.5. The number of anilines is 1. The van der Waals surface area contributed by atoms with Crippen LogP contribution in [0, 0.1) is 6.92 Å². The Hall–Kier alpha value is -2.04. The van der Waals surface area contributed by atoms with Crippen molar-refractivity contribution < 1.29 is 9.90 Å². The van der Waals surface area contributed by atoms with Crippen LogP contribution in [0.3, 0.4) is 0 Å². The number of hydrogen-bond acceptors (Lipinski definition) is 3. The van der Waals surface area contributed by atoms with E-state index in [1.165, 1.54) is 11.1 Å². The van der Waals surface area contributed by atoms with Crippen LogP contribution in [-0.2, 0) is 17.8 Å². The summed E-state index contributed by atoms with van der Waals surface area (Å²) in [6.07, 6.45) is 2.01. The Morgan fingerprint density at radius 3 is 2.68 bits per heavy atom. The molecule has 0 radical (unpaired) electrons. The van der Waals surface area contributed by atoms with E-state index < -0.39 is 0 Å². The van der Waals surface area contributed by atoms with Gasteiger partial charge in [-0.2, -0.15) is 0 Å². The third-order valence-electron chi connectivity index (χ3n) is 5.57. The molecule has 1 atom stereocenters. The predicted molar refractivity (Wildman–Crippen MR) is 115 cm³/mol. The predicted octanol–water partition coefficient (Wildman–Crippen LogP) is 4.20. The highest BCUT2D eigenvalue weighted by atomic mass is 35.5. The van der Waals surface area contributed by atoms with Gasteiger partial charge in [-0.1, -0.05) is 48.9 Å². The van der Waals surface area contributed by atoms with Crippen molar-refractivity contribution in [3.63, 3.8) is 0 Å². The largest absolute Gasteiger partial charge is 0.396 e. The number of likely N-dealkylation sites (tertiary alicyclic amines) is 1. The van der Waals surface area contributed by atoms with Crippen LogP contribution in [0.4, 0.5) is 5.69 Å². The van der Waals surface area contributed by atoms with Gasteiger partial charge in [0.2, 0.25) is 5.91 Å². The third-order valence-corrected chi connectivity index (χ3v) is 5.92. The molecule has 1 unspecified atom stereocenters. The minimum atomic E-state index is 0.0920. The van der Waals surface area contributed by atoms with Crippen LogP contribution in [0.15, 0.2) is 42.5 Å². The van der Waals surface area contributed by atoms with E-state index in [-0.39, 0.29) is 18.6 Å². The van der Waals surface area contributed by atoms with Gasteiger partial charge in [0.15, 0.2) is 0 Å². The molecule has 1 saturated heterocycles. The van der Waals surface area contributed by atoms with Gasteiger partial charge in [-0.25, -0.2) is 0 Å². The van der Waals surface area contributed by atoms with Crippen LogP contribution in [0.5, 0.6) is 0 Å². The van der Waals surface area contributed by atoms with E-state index >= 15 is 0 Å². The number of aliphatic hydroxyl groups is 1. The molecule has 1 heterocycles. The van der Waals surface area contributed by atoms with E-state index in [0.29, 0.717) is 25.9 Å². The van der Waals surface area contributed by atoms with Gasteiger partial charge in [-0.3, -0.25) is 4.79 Å². The summed E-state index contributed by atoms with van der Waals surface area (Å²) in [5.74, 6) is 0.157. The maximum absolute atomic E-state index is 12.5. The number of halogens is 1. The molecule has 2 aromatic rings. The van der Waals surface area contributed by atoms with Gasteiger partial charge in [0.05, 0.1) is 6.04 Å². The van der Waals surface area contributed by atoms with Crippen molar-refractivity contribution in [3.05, 3.63) is 64.2 Å². The molecule has 1 fully saturated rings. The molecule has 150 valence electrons. The van der Waals surface area contributed by atoms with Gasteiger partial charge in [0, 0.05) is 43.4 Å². The lowest BCUT2D eigenvalue weighted by Gasteiger charge is -2.32. The maximum Gasteiger partial charge on any atom is 0.224 e. The minimum absolute atomic E-state index is 0.0920. The van der Waals surface area contributed by atoms with Gasteiger partial charge in [-0.05, 0) is 48.6 Å². The quantitative estimate of drug-likeness (QED) is 0.722. The van der Waals surface area contributed by atoms with E-state index in [1.54, 1.807) is 0 Å². The van der Waals surface area contributed by atoms with E-state index in [2.05, 4.69) is 49.1 Å². The Bertz CT molecular complexity index is 824. The molecule has 4 nitrogen and oxygen atoms in total. The fraction of sp³-hybridized carbons (Fsp3) is 0.435. The van der Waals surface area contributed by atoms with Gasteiger partial charge in [0.1, 0.15) is 0 Å². The fourth-order valence-corrected chi connectivity index (χ4v) is 4.15. The zero-order chi connectivity index (χ0) is 20.1. The zero-order valence-electron chi connectivity index (χ0n) is 16.7. The summed E-state index contributed by atoms with van der Waals surface area (Å²) in [6, 6.07) is 14.7. The highest BCUT2D eigenvalue weighted by molar-refractivity contribution is 6.31. The number of aliphatic hydroxyl groups excluding tert-OH is 1. The van der Waals surface area contributed by atoms with Crippen LogP contribution >= 0.6 is 11.6 Å². The average molecular weight is 401 g/mol. The Morgan fingerprint density at radius 1 is 1.21 bits per heavy atom. The third kappa shape index (κ3) is 4.68. The number of rotatable bonds is 8. The lowest BCUT2D eigenvalue weighted by atomic mass is 10.1. The topological polar surface area (TPSA) is 43.8 Å². The number of carbonyl (C=O) groups excluding carboxylic acids is 1. The first-order valence-corrected chi connectivity index (χ1v) is 10.4. The first kappa shape index (κ1) is 20.7. The number of amides is 1. The van der Waals surface area contributed by atoms with Gasteiger partial charge >= 0.3 is 0 Å². The molecular formula is C23H29ClN2O2. The molecule has 0 aliphatic carbocycles. The standard InChI is InChI=1S/C23H29ClN2O2/c1-3-18-9-10-20(13-22(18)24)26(15-19-8-5-4-7-17(19)2)21-14-23(28)25(16-21)11-6-12-27/h4-5,7-10,13,21,27H,3,6,11-12,14-16H2,1-2H3. The number of hydrogen-bond donors (Lipinski definition) is 1. The molecule has 0 aromatic heterocycles. The van der Waals surface area contributed by atoms with Crippen molar-refractivity contribution in [2.75, 3.05) is 24.6 Å². The van der Waals surface area contributed by atoms with Crippen LogP contribution in [0.25, 0.3) is 0 Å². The second-order valence-electron chi connectivity index (χ2n) is 7.46. The molecular weight excluding hydrogens is 372 g/mol. The van der Waals surface area contributed by atoms with E-state index in [4.69, 9.17) is 16.7 Å². The summed E-state index contributed by atoms with van der Waals surface area (Å²) in [7, 11) is 0. The second kappa shape index (κ2) is 9.44. The van der Waals surface area contributed by atoms with Crippen molar-refractivity contribution in [2.45, 2.75) is 45.7 Å². The van der Waals surface area contributed by atoms with Crippen molar-refractivity contribution in [3.8, 4) is 0 Å². The number of nitrogens with zero attached hydrogens (tertiary/aromatic N) is 2. The molecule has 0 saturated carbocycles. The highest BCUT2D eigenvalue weighted by Gasteiger charge is 2.33.